The average molecular weight is 344 g/mol. The molecule has 3 rings (SSSR count). The maximum atomic E-state index is 13.0. The fourth-order valence-corrected chi connectivity index (χ4v) is 4.45. The van der Waals surface area contributed by atoms with Gasteiger partial charge in [-0.1, -0.05) is 12.1 Å². The van der Waals surface area contributed by atoms with Crippen LogP contribution in [-0.2, 0) is 14.6 Å². The summed E-state index contributed by atoms with van der Waals surface area (Å²) in [4.78, 5) is 11.5. The highest BCUT2D eigenvalue weighted by Crippen LogP contribution is 2.42. The van der Waals surface area contributed by atoms with Gasteiger partial charge in [-0.05, 0) is 47.5 Å². The Morgan fingerprint density at radius 2 is 1.58 bits per heavy atom. The summed E-state index contributed by atoms with van der Waals surface area (Å²) in [6.07, 6.45) is 2.15. The van der Waals surface area contributed by atoms with Gasteiger partial charge in [0.15, 0.2) is 9.84 Å². The monoisotopic (exact) mass is 344 g/mol. The molecule has 1 atom stereocenters. The maximum absolute atomic E-state index is 13.0. The van der Waals surface area contributed by atoms with Crippen molar-refractivity contribution in [3.8, 4) is 11.5 Å². The van der Waals surface area contributed by atoms with Crippen LogP contribution in [0.2, 0.25) is 0 Å². The minimum Gasteiger partial charge on any atom is -0.497 e. The first-order valence-electron chi connectivity index (χ1n) is 7.24. The van der Waals surface area contributed by atoms with Crippen LogP contribution in [0.5, 0.6) is 11.5 Å². The lowest BCUT2D eigenvalue weighted by Gasteiger charge is -2.13. The number of carbonyl (C=O) groups is 1. The summed E-state index contributed by atoms with van der Waals surface area (Å²) in [5.41, 5.74) is 1.52. The Bertz CT molecular complexity index is 911. The SMILES string of the molecule is COc1ccc(S(=O)(=O)C2C=C(C=O)c3cc(OC)ccc32)cc1. The minimum atomic E-state index is -3.67. The molecule has 0 aromatic heterocycles. The molecule has 2 aromatic carbocycles. The first-order valence-corrected chi connectivity index (χ1v) is 8.79. The number of aldehydes is 1. The first-order chi connectivity index (χ1) is 11.5. The number of fused-ring (bicyclic) bond motifs is 1. The molecular formula is C18H16O5S. The molecule has 0 fully saturated rings. The van der Waals surface area contributed by atoms with Crippen LogP contribution in [0.1, 0.15) is 16.4 Å². The number of methoxy groups -OCH3 is 2. The van der Waals surface area contributed by atoms with E-state index in [9.17, 15) is 13.2 Å². The van der Waals surface area contributed by atoms with Gasteiger partial charge < -0.3 is 9.47 Å². The largest absolute Gasteiger partial charge is 0.497 e. The van der Waals surface area contributed by atoms with Crippen molar-refractivity contribution in [1.29, 1.82) is 0 Å². The molecule has 0 amide bonds. The summed E-state index contributed by atoms with van der Waals surface area (Å²) in [5.74, 6) is 1.15. The van der Waals surface area contributed by atoms with Gasteiger partial charge in [-0.25, -0.2) is 8.42 Å². The summed E-state index contributed by atoms with van der Waals surface area (Å²) in [6, 6.07) is 11.3. The smallest absolute Gasteiger partial charge is 0.189 e. The van der Waals surface area contributed by atoms with Crippen molar-refractivity contribution < 1.29 is 22.7 Å². The van der Waals surface area contributed by atoms with Crippen LogP contribution in [-0.4, -0.2) is 28.9 Å². The van der Waals surface area contributed by atoms with E-state index in [0.717, 1.165) is 0 Å². The lowest BCUT2D eigenvalue weighted by molar-refractivity contribution is -0.103. The molecule has 0 saturated carbocycles. The second kappa shape index (κ2) is 6.13. The molecule has 0 N–H and O–H groups in total. The molecule has 1 unspecified atom stereocenters. The highest BCUT2D eigenvalue weighted by atomic mass is 32.2. The van der Waals surface area contributed by atoms with E-state index in [1.807, 2.05) is 0 Å². The Hall–Kier alpha value is -2.60. The predicted molar refractivity (Wildman–Crippen MR) is 90.0 cm³/mol. The van der Waals surface area contributed by atoms with Crippen LogP contribution in [0.4, 0.5) is 0 Å². The van der Waals surface area contributed by atoms with Crippen molar-refractivity contribution in [3.63, 3.8) is 0 Å². The predicted octanol–water partition coefficient (Wildman–Crippen LogP) is 2.81. The molecule has 5 nitrogen and oxygen atoms in total. The maximum Gasteiger partial charge on any atom is 0.189 e. The zero-order valence-electron chi connectivity index (χ0n) is 13.2. The van der Waals surface area contributed by atoms with E-state index in [1.54, 1.807) is 30.3 Å². The lowest BCUT2D eigenvalue weighted by atomic mass is 10.1. The molecular weight excluding hydrogens is 328 g/mol. The summed E-state index contributed by atoms with van der Waals surface area (Å²) < 4.78 is 36.2. The Balaban J connectivity index is 2.09. The molecule has 1 aliphatic rings. The lowest BCUT2D eigenvalue weighted by Crippen LogP contribution is -2.10. The Kier molecular flexibility index (Phi) is 4.15. The topological polar surface area (TPSA) is 69.7 Å². The summed E-state index contributed by atoms with van der Waals surface area (Å²) in [6.45, 7) is 0. The fraction of sp³-hybridized carbons (Fsp3) is 0.167. The van der Waals surface area contributed by atoms with E-state index < -0.39 is 15.1 Å². The van der Waals surface area contributed by atoms with Crippen molar-refractivity contribution >= 4 is 21.7 Å². The number of ether oxygens (including phenoxy) is 2. The van der Waals surface area contributed by atoms with Crippen molar-refractivity contribution in [2.24, 2.45) is 0 Å². The van der Waals surface area contributed by atoms with Gasteiger partial charge in [0.05, 0.1) is 19.1 Å². The van der Waals surface area contributed by atoms with Crippen LogP contribution in [0, 0.1) is 0 Å². The van der Waals surface area contributed by atoms with Crippen LogP contribution >= 0.6 is 0 Å². The summed E-state index contributed by atoms with van der Waals surface area (Å²) in [5, 5.41) is -0.896. The van der Waals surface area contributed by atoms with Crippen LogP contribution in [0.15, 0.2) is 53.4 Å². The van der Waals surface area contributed by atoms with Crippen molar-refractivity contribution in [2.75, 3.05) is 14.2 Å². The molecule has 0 saturated heterocycles. The van der Waals surface area contributed by atoms with Gasteiger partial charge in [0.2, 0.25) is 0 Å². The van der Waals surface area contributed by atoms with Gasteiger partial charge in [0.25, 0.3) is 0 Å². The van der Waals surface area contributed by atoms with Gasteiger partial charge in [0, 0.05) is 5.57 Å². The average Bonchev–Trinajstić information content (AvgIpc) is 3.00. The molecule has 0 heterocycles. The third-order valence-corrected chi connectivity index (χ3v) is 6.05. The first kappa shape index (κ1) is 16.3. The highest BCUT2D eigenvalue weighted by molar-refractivity contribution is 7.91. The second-order valence-electron chi connectivity index (χ2n) is 5.33. The fourth-order valence-electron chi connectivity index (χ4n) is 2.77. The third-order valence-electron chi connectivity index (χ3n) is 4.06. The number of carbonyl (C=O) groups excluding carboxylic acids is 1. The van der Waals surface area contributed by atoms with E-state index in [0.29, 0.717) is 34.5 Å². The molecule has 1 aliphatic carbocycles. The van der Waals surface area contributed by atoms with Gasteiger partial charge in [0.1, 0.15) is 23.0 Å². The summed E-state index contributed by atoms with van der Waals surface area (Å²) in [7, 11) is -0.634. The standard InChI is InChI=1S/C18H16O5S/c1-22-13-3-6-15(7-4-13)24(20,21)18-9-12(11-19)17-10-14(23-2)5-8-16(17)18/h3-11,18H,1-2H3. The van der Waals surface area contributed by atoms with E-state index in [4.69, 9.17) is 9.47 Å². The van der Waals surface area contributed by atoms with Gasteiger partial charge in [-0.15, -0.1) is 0 Å². The van der Waals surface area contributed by atoms with Crippen molar-refractivity contribution in [1.82, 2.24) is 0 Å². The molecule has 6 heteroatoms. The number of hydrogen-bond acceptors (Lipinski definition) is 5. The molecule has 2 aromatic rings. The second-order valence-corrected chi connectivity index (χ2v) is 7.40. The highest BCUT2D eigenvalue weighted by Gasteiger charge is 2.34. The minimum absolute atomic E-state index is 0.179. The van der Waals surface area contributed by atoms with Crippen LogP contribution in [0.25, 0.3) is 5.57 Å². The van der Waals surface area contributed by atoms with E-state index >= 15 is 0 Å². The Labute approximate surface area is 140 Å². The zero-order valence-corrected chi connectivity index (χ0v) is 14.0. The molecule has 0 spiro atoms. The Morgan fingerprint density at radius 3 is 2.17 bits per heavy atom. The van der Waals surface area contributed by atoms with Crippen LogP contribution in [0.3, 0.4) is 0 Å². The number of rotatable bonds is 5. The van der Waals surface area contributed by atoms with Crippen molar-refractivity contribution in [3.05, 3.63) is 59.7 Å². The molecule has 24 heavy (non-hydrogen) atoms. The third kappa shape index (κ3) is 2.59. The quantitative estimate of drug-likeness (QED) is 0.780. The van der Waals surface area contributed by atoms with Crippen LogP contribution < -0.4 is 9.47 Å². The summed E-state index contributed by atoms with van der Waals surface area (Å²) >= 11 is 0. The van der Waals surface area contributed by atoms with E-state index in [2.05, 4.69) is 0 Å². The molecule has 124 valence electrons. The zero-order chi connectivity index (χ0) is 17.3. The van der Waals surface area contributed by atoms with Gasteiger partial charge >= 0.3 is 0 Å². The molecule has 0 bridgehead atoms. The molecule has 0 radical (unpaired) electrons. The Morgan fingerprint density at radius 1 is 0.958 bits per heavy atom. The normalized spacial score (nSPS) is 16.2. The van der Waals surface area contributed by atoms with E-state index in [1.165, 1.54) is 32.4 Å². The molecule has 0 aliphatic heterocycles. The number of sulfone groups is 1. The van der Waals surface area contributed by atoms with E-state index in [-0.39, 0.29) is 4.90 Å². The van der Waals surface area contributed by atoms with Gasteiger partial charge in [-0.3, -0.25) is 4.79 Å². The number of allylic oxidation sites excluding steroid dienone is 1. The van der Waals surface area contributed by atoms with Crippen molar-refractivity contribution in [2.45, 2.75) is 10.1 Å². The number of hydrogen-bond donors (Lipinski definition) is 0. The number of benzene rings is 2. The van der Waals surface area contributed by atoms with Gasteiger partial charge in [-0.2, -0.15) is 0 Å².